The maximum atomic E-state index is 12.5. The number of nitrogens with zero attached hydrogens (tertiary/aromatic N) is 1. The number of esters is 1. The molecule has 0 aromatic heterocycles. The quantitative estimate of drug-likeness (QED) is 0.795. The van der Waals surface area contributed by atoms with Crippen molar-refractivity contribution in [2.45, 2.75) is 17.7 Å². The lowest BCUT2D eigenvalue weighted by molar-refractivity contribution is 0.0600. The van der Waals surface area contributed by atoms with Gasteiger partial charge in [0.25, 0.3) is 15.9 Å². The molecule has 27 heavy (non-hydrogen) atoms. The zero-order valence-electron chi connectivity index (χ0n) is 14.8. The maximum absolute atomic E-state index is 12.5. The molecule has 0 saturated carbocycles. The number of likely N-dealkylation sites (tertiary alicyclic amines) is 1. The van der Waals surface area contributed by atoms with Gasteiger partial charge in [0.15, 0.2) is 0 Å². The molecular formula is C19H20N2O5S. The fraction of sp³-hybridized carbons (Fsp3) is 0.263. The first-order chi connectivity index (χ1) is 12.9. The zero-order chi connectivity index (χ0) is 19.4. The van der Waals surface area contributed by atoms with Crippen LogP contribution < -0.4 is 4.72 Å². The number of anilines is 1. The van der Waals surface area contributed by atoms with E-state index in [1.165, 1.54) is 31.4 Å². The lowest BCUT2D eigenvalue weighted by Crippen LogP contribution is -2.27. The second kappa shape index (κ2) is 7.79. The molecule has 0 unspecified atom stereocenters. The smallest absolute Gasteiger partial charge is 0.337 e. The minimum atomic E-state index is -3.81. The highest BCUT2D eigenvalue weighted by atomic mass is 32.2. The van der Waals surface area contributed by atoms with Crippen LogP contribution in [0, 0.1) is 0 Å². The number of rotatable bonds is 5. The SMILES string of the molecule is COC(=O)c1ccc(S(=O)(=O)Nc2ccc(C(=O)N3CCCC3)cc2)cc1. The lowest BCUT2D eigenvalue weighted by Gasteiger charge is -2.15. The number of carbonyl (C=O) groups excluding carboxylic acids is 2. The molecule has 2 aromatic rings. The van der Waals surface area contributed by atoms with Crippen molar-refractivity contribution >= 4 is 27.6 Å². The molecule has 1 amide bonds. The first-order valence-corrected chi connectivity index (χ1v) is 9.99. The van der Waals surface area contributed by atoms with Crippen molar-refractivity contribution in [3.8, 4) is 0 Å². The third kappa shape index (κ3) is 4.28. The van der Waals surface area contributed by atoms with Gasteiger partial charge in [-0.2, -0.15) is 0 Å². The van der Waals surface area contributed by atoms with Crippen molar-refractivity contribution in [1.29, 1.82) is 0 Å². The number of amides is 1. The molecule has 2 aromatic carbocycles. The summed E-state index contributed by atoms with van der Waals surface area (Å²) >= 11 is 0. The van der Waals surface area contributed by atoms with E-state index in [4.69, 9.17) is 0 Å². The Balaban J connectivity index is 1.72. The first kappa shape index (κ1) is 18.9. The number of carbonyl (C=O) groups is 2. The van der Waals surface area contributed by atoms with Crippen LogP contribution in [0.15, 0.2) is 53.4 Å². The van der Waals surface area contributed by atoms with Gasteiger partial charge in [0.1, 0.15) is 0 Å². The summed E-state index contributed by atoms with van der Waals surface area (Å²) < 4.78 is 32.0. The molecule has 0 aliphatic carbocycles. The van der Waals surface area contributed by atoms with E-state index in [0.29, 0.717) is 11.3 Å². The number of nitrogens with one attached hydrogen (secondary N) is 1. The highest BCUT2D eigenvalue weighted by Crippen LogP contribution is 2.19. The van der Waals surface area contributed by atoms with Gasteiger partial charge in [-0.05, 0) is 61.4 Å². The Labute approximate surface area is 158 Å². The van der Waals surface area contributed by atoms with Crippen LogP contribution >= 0.6 is 0 Å². The molecule has 7 nitrogen and oxygen atoms in total. The summed E-state index contributed by atoms with van der Waals surface area (Å²) in [6.07, 6.45) is 2.02. The molecule has 1 fully saturated rings. The average molecular weight is 388 g/mol. The minimum Gasteiger partial charge on any atom is -0.465 e. The molecule has 142 valence electrons. The normalized spacial score (nSPS) is 14.0. The van der Waals surface area contributed by atoms with Gasteiger partial charge in [-0.15, -0.1) is 0 Å². The summed E-state index contributed by atoms with van der Waals surface area (Å²) in [6, 6.07) is 11.8. The summed E-state index contributed by atoms with van der Waals surface area (Å²) in [5.41, 5.74) is 1.15. The predicted octanol–water partition coefficient (Wildman–Crippen LogP) is 2.51. The van der Waals surface area contributed by atoms with Crippen molar-refractivity contribution in [2.75, 3.05) is 24.9 Å². The number of sulfonamides is 1. The van der Waals surface area contributed by atoms with Gasteiger partial charge in [0.2, 0.25) is 0 Å². The van der Waals surface area contributed by atoms with Crippen LogP contribution in [-0.2, 0) is 14.8 Å². The molecule has 0 spiro atoms. The first-order valence-electron chi connectivity index (χ1n) is 8.51. The summed E-state index contributed by atoms with van der Waals surface area (Å²) in [5, 5.41) is 0. The third-order valence-corrected chi connectivity index (χ3v) is 5.76. The maximum Gasteiger partial charge on any atom is 0.337 e. The van der Waals surface area contributed by atoms with Crippen LogP contribution in [0.1, 0.15) is 33.6 Å². The van der Waals surface area contributed by atoms with E-state index >= 15 is 0 Å². The van der Waals surface area contributed by atoms with E-state index in [9.17, 15) is 18.0 Å². The molecule has 1 aliphatic heterocycles. The topological polar surface area (TPSA) is 92.8 Å². The predicted molar refractivity (Wildman–Crippen MR) is 100 cm³/mol. The summed E-state index contributed by atoms with van der Waals surface area (Å²) in [7, 11) is -2.55. The van der Waals surface area contributed by atoms with E-state index in [1.807, 2.05) is 0 Å². The Morgan fingerprint density at radius 2 is 1.48 bits per heavy atom. The lowest BCUT2D eigenvalue weighted by atomic mass is 10.2. The Morgan fingerprint density at radius 3 is 2.04 bits per heavy atom. The van der Waals surface area contributed by atoms with Crippen LogP contribution in [0.5, 0.6) is 0 Å². The fourth-order valence-corrected chi connectivity index (χ4v) is 3.94. The Hall–Kier alpha value is -2.87. The molecular weight excluding hydrogens is 368 g/mol. The summed E-state index contributed by atoms with van der Waals surface area (Å²) in [6.45, 7) is 1.52. The van der Waals surface area contributed by atoms with E-state index in [0.717, 1.165) is 25.9 Å². The molecule has 1 aliphatic rings. The highest BCUT2D eigenvalue weighted by molar-refractivity contribution is 7.92. The number of methoxy groups -OCH3 is 1. The Morgan fingerprint density at radius 1 is 0.926 bits per heavy atom. The van der Waals surface area contributed by atoms with Crippen molar-refractivity contribution in [3.05, 3.63) is 59.7 Å². The van der Waals surface area contributed by atoms with E-state index in [-0.39, 0.29) is 16.4 Å². The fourth-order valence-electron chi connectivity index (χ4n) is 2.89. The molecule has 0 radical (unpaired) electrons. The number of benzene rings is 2. The highest BCUT2D eigenvalue weighted by Gasteiger charge is 2.20. The van der Waals surface area contributed by atoms with Crippen molar-refractivity contribution in [1.82, 2.24) is 4.90 Å². The summed E-state index contributed by atoms with van der Waals surface area (Å²) in [5.74, 6) is -0.578. The van der Waals surface area contributed by atoms with Crippen molar-refractivity contribution < 1.29 is 22.7 Å². The molecule has 1 N–H and O–H groups in total. The minimum absolute atomic E-state index is 0.0207. The number of hydrogen-bond donors (Lipinski definition) is 1. The van der Waals surface area contributed by atoms with E-state index in [1.54, 1.807) is 29.2 Å². The van der Waals surface area contributed by atoms with E-state index in [2.05, 4.69) is 9.46 Å². The second-order valence-electron chi connectivity index (χ2n) is 6.20. The van der Waals surface area contributed by atoms with Gasteiger partial charge in [-0.1, -0.05) is 0 Å². The molecule has 8 heteroatoms. The van der Waals surface area contributed by atoms with Gasteiger partial charge >= 0.3 is 5.97 Å². The molecule has 3 rings (SSSR count). The zero-order valence-corrected chi connectivity index (χ0v) is 15.7. The molecule has 0 bridgehead atoms. The van der Waals surface area contributed by atoms with Gasteiger partial charge in [-0.3, -0.25) is 9.52 Å². The molecule has 1 saturated heterocycles. The third-order valence-electron chi connectivity index (χ3n) is 4.36. The van der Waals surface area contributed by atoms with Gasteiger partial charge in [0.05, 0.1) is 17.6 Å². The number of hydrogen-bond acceptors (Lipinski definition) is 5. The second-order valence-corrected chi connectivity index (χ2v) is 7.88. The molecule has 1 heterocycles. The van der Waals surface area contributed by atoms with Crippen LogP contribution in [-0.4, -0.2) is 45.4 Å². The van der Waals surface area contributed by atoms with Gasteiger partial charge < -0.3 is 9.64 Å². The molecule has 0 atom stereocenters. The van der Waals surface area contributed by atoms with Crippen LogP contribution in [0.2, 0.25) is 0 Å². The largest absolute Gasteiger partial charge is 0.465 e. The standard InChI is InChI=1S/C19H20N2O5S/c1-26-19(23)15-6-10-17(11-7-15)27(24,25)20-16-8-4-14(5-9-16)18(22)21-12-2-3-13-21/h4-11,20H,2-3,12-13H2,1H3. The van der Waals surface area contributed by atoms with Gasteiger partial charge in [0, 0.05) is 24.3 Å². The number of ether oxygens (including phenoxy) is 1. The van der Waals surface area contributed by atoms with E-state index < -0.39 is 16.0 Å². The van der Waals surface area contributed by atoms with Crippen LogP contribution in [0.4, 0.5) is 5.69 Å². The van der Waals surface area contributed by atoms with Crippen molar-refractivity contribution in [2.24, 2.45) is 0 Å². The summed E-state index contributed by atoms with van der Waals surface area (Å²) in [4.78, 5) is 25.6. The monoisotopic (exact) mass is 388 g/mol. The van der Waals surface area contributed by atoms with Crippen molar-refractivity contribution in [3.63, 3.8) is 0 Å². The Kier molecular flexibility index (Phi) is 5.46. The van der Waals surface area contributed by atoms with Gasteiger partial charge in [-0.25, -0.2) is 13.2 Å². The average Bonchev–Trinajstić information content (AvgIpc) is 3.22. The van der Waals surface area contributed by atoms with Crippen LogP contribution in [0.25, 0.3) is 0 Å². The van der Waals surface area contributed by atoms with Crippen LogP contribution in [0.3, 0.4) is 0 Å². The Bertz CT molecular complexity index is 931.